The molecule has 0 saturated carbocycles. The Bertz CT molecular complexity index is 221. The van der Waals surface area contributed by atoms with Crippen molar-refractivity contribution in [2.75, 3.05) is 19.8 Å². The first-order valence-corrected chi connectivity index (χ1v) is 11.0. The molecular weight excluding hydrogens is 344 g/mol. The molecule has 0 spiro atoms. The van der Waals surface area contributed by atoms with Crippen molar-refractivity contribution < 1.29 is 22.4 Å². The Morgan fingerprint density at radius 1 is 0.826 bits per heavy atom. The zero-order chi connectivity index (χ0) is 17.2. The Labute approximate surface area is 150 Å². The van der Waals surface area contributed by atoms with E-state index in [0.717, 1.165) is 44.6 Å². The fraction of sp³-hybridized carbons (Fsp3) is 1.00. The van der Waals surface area contributed by atoms with E-state index in [1.54, 1.807) is 0 Å². The summed E-state index contributed by atoms with van der Waals surface area (Å²) in [5, 5.41) is 0. The van der Waals surface area contributed by atoms with E-state index >= 15 is 0 Å². The van der Waals surface area contributed by atoms with Gasteiger partial charge in [0, 0.05) is 6.42 Å². The van der Waals surface area contributed by atoms with Gasteiger partial charge in [-0.15, -0.1) is 0 Å². The largest absolute Gasteiger partial charge is 0.435 e. The standard InChI is InChI=1S/C15H31O5Si3/c1-4-7-11-16-15(17-12-8-5-2,18-13-9-6-3)10-14-22-20-23-19-21/h4-14H2,1-3H3. The molecule has 0 rings (SSSR count). The Morgan fingerprint density at radius 2 is 1.30 bits per heavy atom. The van der Waals surface area contributed by atoms with Gasteiger partial charge in [-0.1, -0.05) is 40.0 Å². The Kier molecular flexibility index (Phi) is 17.6. The van der Waals surface area contributed by atoms with Gasteiger partial charge in [-0.2, -0.15) is 0 Å². The molecule has 8 heteroatoms. The van der Waals surface area contributed by atoms with Crippen molar-refractivity contribution in [1.29, 1.82) is 0 Å². The van der Waals surface area contributed by atoms with Crippen LogP contribution < -0.4 is 0 Å². The fourth-order valence-electron chi connectivity index (χ4n) is 1.76. The molecule has 23 heavy (non-hydrogen) atoms. The van der Waals surface area contributed by atoms with Crippen LogP contribution in [0.2, 0.25) is 6.04 Å². The molecule has 0 unspecified atom stereocenters. The number of hydrogen-bond donors (Lipinski definition) is 0. The van der Waals surface area contributed by atoms with Gasteiger partial charge in [0.2, 0.25) is 20.2 Å². The summed E-state index contributed by atoms with van der Waals surface area (Å²) in [6, 6.07) is 0.826. The van der Waals surface area contributed by atoms with Crippen molar-refractivity contribution in [3.8, 4) is 0 Å². The SMILES string of the molecule is CCCCOC(CC[Si]O[Si]O[Si])(OCCCC)OCCCC. The second kappa shape index (κ2) is 17.3. The lowest BCUT2D eigenvalue weighted by Crippen LogP contribution is -2.40. The molecule has 0 fully saturated rings. The van der Waals surface area contributed by atoms with E-state index in [4.69, 9.17) is 22.4 Å². The lowest BCUT2D eigenvalue weighted by molar-refractivity contribution is -0.382. The van der Waals surface area contributed by atoms with E-state index in [2.05, 4.69) is 31.3 Å². The molecule has 0 aromatic carbocycles. The van der Waals surface area contributed by atoms with Crippen molar-refractivity contribution in [2.45, 2.75) is 77.7 Å². The molecule has 0 amide bonds. The molecule has 0 aliphatic heterocycles. The van der Waals surface area contributed by atoms with Crippen molar-refractivity contribution in [2.24, 2.45) is 0 Å². The molecule has 0 aliphatic rings. The highest BCUT2D eigenvalue weighted by molar-refractivity contribution is 6.41. The normalized spacial score (nSPS) is 12.0. The van der Waals surface area contributed by atoms with Crippen molar-refractivity contribution in [1.82, 2.24) is 0 Å². The van der Waals surface area contributed by atoms with Gasteiger partial charge < -0.3 is 22.4 Å². The van der Waals surface area contributed by atoms with Gasteiger partial charge in [-0.3, -0.25) is 0 Å². The zero-order valence-electron chi connectivity index (χ0n) is 14.8. The minimum atomic E-state index is -0.923. The first-order chi connectivity index (χ1) is 11.2. The van der Waals surface area contributed by atoms with E-state index in [0.29, 0.717) is 36.0 Å². The molecule has 133 valence electrons. The van der Waals surface area contributed by atoms with Crippen LogP contribution >= 0.6 is 0 Å². The minimum Gasteiger partial charge on any atom is -0.435 e. The van der Waals surface area contributed by atoms with E-state index in [9.17, 15) is 0 Å². The van der Waals surface area contributed by atoms with E-state index in [1.807, 2.05) is 0 Å². The summed E-state index contributed by atoms with van der Waals surface area (Å²) in [6.07, 6.45) is 6.97. The smallest absolute Gasteiger partial charge is 0.409 e. The van der Waals surface area contributed by atoms with E-state index in [-0.39, 0.29) is 10.0 Å². The van der Waals surface area contributed by atoms with Crippen LogP contribution in [0.1, 0.15) is 65.7 Å². The van der Waals surface area contributed by atoms with Crippen LogP contribution in [-0.4, -0.2) is 56.0 Å². The first-order valence-electron chi connectivity index (χ1n) is 8.62. The molecule has 0 N–H and O–H groups in total. The molecule has 7 radical (unpaired) electrons. The topological polar surface area (TPSA) is 46.2 Å². The van der Waals surface area contributed by atoms with Gasteiger partial charge in [0.25, 0.3) is 5.97 Å². The number of hydrogen-bond acceptors (Lipinski definition) is 5. The molecule has 0 bridgehead atoms. The summed E-state index contributed by atoms with van der Waals surface area (Å²) in [7, 11) is 3.29. The summed E-state index contributed by atoms with van der Waals surface area (Å²) < 4.78 is 28.2. The third-order valence-electron chi connectivity index (χ3n) is 3.15. The predicted molar refractivity (Wildman–Crippen MR) is 94.2 cm³/mol. The molecule has 0 aromatic rings. The molecule has 0 atom stereocenters. The van der Waals surface area contributed by atoms with Gasteiger partial charge in [0.05, 0.1) is 19.8 Å². The van der Waals surface area contributed by atoms with Crippen LogP contribution in [0.25, 0.3) is 0 Å². The molecule has 0 saturated heterocycles. The highest BCUT2D eigenvalue weighted by Crippen LogP contribution is 2.24. The number of rotatable bonds is 18. The monoisotopic (exact) mass is 375 g/mol. The van der Waals surface area contributed by atoms with Gasteiger partial charge in [-0.05, 0) is 25.3 Å². The van der Waals surface area contributed by atoms with Crippen LogP contribution in [0.4, 0.5) is 0 Å². The lowest BCUT2D eigenvalue weighted by Gasteiger charge is -2.33. The second-order valence-corrected chi connectivity index (χ2v) is 7.81. The van der Waals surface area contributed by atoms with Gasteiger partial charge in [0.1, 0.15) is 0 Å². The fourth-order valence-corrected chi connectivity index (χ4v) is 3.36. The van der Waals surface area contributed by atoms with Crippen LogP contribution in [0.15, 0.2) is 0 Å². The summed E-state index contributed by atoms with van der Waals surface area (Å²) >= 11 is 0. The average molecular weight is 376 g/mol. The van der Waals surface area contributed by atoms with Gasteiger partial charge in [-0.25, -0.2) is 0 Å². The number of ether oxygens (including phenoxy) is 3. The lowest BCUT2D eigenvalue weighted by atomic mass is 10.3. The Morgan fingerprint density at radius 3 is 1.70 bits per heavy atom. The molecule has 0 aromatic heterocycles. The highest BCUT2D eigenvalue weighted by atomic mass is 28.3. The summed E-state index contributed by atoms with van der Waals surface area (Å²) in [5.41, 5.74) is 0. The first kappa shape index (κ1) is 23.5. The predicted octanol–water partition coefficient (Wildman–Crippen LogP) is 3.17. The Balaban J connectivity index is 4.52. The summed E-state index contributed by atoms with van der Waals surface area (Å²) in [4.78, 5) is 0. The molecule has 5 nitrogen and oxygen atoms in total. The van der Waals surface area contributed by atoms with Crippen LogP contribution in [0, 0.1) is 0 Å². The third-order valence-corrected chi connectivity index (χ3v) is 4.85. The van der Waals surface area contributed by atoms with Gasteiger partial charge in [0.15, 0.2) is 0 Å². The molecule has 0 heterocycles. The molecule has 0 aliphatic carbocycles. The van der Waals surface area contributed by atoms with Crippen LogP contribution in [-0.2, 0) is 22.4 Å². The van der Waals surface area contributed by atoms with Gasteiger partial charge >= 0.3 is 10.0 Å². The third kappa shape index (κ3) is 13.4. The minimum absolute atomic E-state index is 0.0144. The van der Waals surface area contributed by atoms with Crippen LogP contribution in [0.3, 0.4) is 0 Å². The maximum absolute atomic E-state index is 6.04. The summed E-state index contributed by atoms with van der Waals surface area (Å²) in [6.45, 7) is 8.42. The average Bonchev–Trinajstić information content (AvgIpc) is 2.55. The van der Waals surface area contributed by atoms with Crippen molar-refractivity contribution in [3.63, 3.8) is 0 Å². The number of unbranched alkanes of at least 4 members (excludes halogenated alkanes) is 3. The van der Waals surface area contributed by atoms with Crippen LogP contribution in [0.5, 0.6) is 0 Å². The summed E-state index contributed by atoms with van der Waals surface area (Å²) in [5.74, 6) is -0.923. The highest BCUT2D eigenvalue weighted by Gasteiger charge is 2.33. The van der Waals surface area contributed by atoms with E-state index in [1.165, 1.54) is 0 Å². The van der Waals surface area contributed by atoms with E-state index < -0.39 is 5.97 Å². The maximum Gasteiger partial charge on any atom is 0.409 e. The van der Waals surface area contributed by atoms with Crippen molar-refractivity contribution >= 4 is 30.3 Å². The maximum atomic E-state index is 6.04. The zero-order valence-corrected chi connectivity index (χ0v) is 17.8. The second-order valence-electron chi connectivity index (χ2n) is 5.22. The Hall–Kier alpha value is 0.451. The quantitative estimate of drug-likeness (QED) is 0.209. The van der Waals surface area contributed by atoms with Crippen molar-refractivity contribution in [3.05, 3.63) is 0 Å². The molecular formula is C15H31O5Si3.